The van der Waals surface area contributed by atoms with E-state index in [1.165, 1.54) is 31.4 Å². The third kappa shape index (κ3) is 5.32. The summed E-state index contributed by atoms with van der Waals surface area (Å²) in [7, 11) is 1.23. The van der Waals surface area contributed by atoms with Crippen molar-refractivity contribution in [3.05, 3.63) is 30.1 Å². The highest BCUT2D eigenvalue weighted by Crippen LogP contribution is 2.11. The number of methoxy groups -OCH3 is 1. The second-order valence-corrected chi connectivity index (χ2v) is 3.42. The zero-order chi connectivity index (χ0) is 13.4. The molecule has 1 atom stereocenters. The molecule has 1 unspecified atom stereocenters. The van der Waals surface area contributed by atoms with Gasteiger partial charge in [-0.25, -0.2) is 9.18 Å². The van der Waals surface area contributed by atoms with E-state index in [4.69, 9.17) is 4.74 Å². The minimum Gasteiger partial charge on any atom is -0.491 e. The van der Waals surface area contributed by atoms with E-state index < -0.39 is 12.1 Å². The lowest BCUT2D eigenvalue weighted by molar-refractivity contribution is -0.133. The molecule has 1 rings (SSSR count). The van der Waals surface area contributed by atoms with Crippen LogP contribution in [0, 0.1) is 17.7 Å². The normalized spacial score (nSPS) is 11.1. The van der Waals surface area contributed by atoms with Gasteiger partial charge in [0.2, 0.25) is 0 Å². The maximum atomic E-state index is 12.6. The molecule has 0 saturated carbocycles. The SMILES string of the molecule is COC(=O)C#CCC(O)COc1ccc(F)cc1. The Kier molecular flexibility index (Phi) is 5.68. The number of aliphatic hydroxyl groups excluding tert-OH is 1. The summed E-state index contributed by atoms with van der Waals surface area (Å²) in [6.45, 7) is 0.0154. The molecule has 0 amide bonds. The summed E-state index contributed by atoms with van der Waals surface area (Å²) >= 11 is 0. The third-order valence-corrected chi connectivity index (χ3v) is 1.97. The maximum Gasteiger partial charge on any atom is 0.384 e. The predicted octanol–water partition coefficient (Wildman–Crippen LogP) is 1.13. The molecule has 0 spiro atoms. The molecule has 4 nitrogen and oxygen atoms in total. The number of halogens is 1. The number of benzene rings is 1. The molecule has 0 aliphatic heterocycles. The van der Waals surface area contributed by atoms with Gasteiger partial charge in [-0.3, -0.25) is 0 Å². The van der Waals surface area contributed by atoms with Crippen LogP contribution in [-0.2, 0) is 9.53 Å². The Morgan fingerprint density at radius 2 is 2.11 bits per heavy atom. The van der Waals surface area contributed by atoms with Gasteiger partial charge >= 0.3 is 5.97 Å². The van der Waals surface area contributed by atoms with Crippen molar-refractivity contribution in [2.75, 3.05) is 13.7 Å². The molecular formula is C13H13FO4. The Balaban J connectivity index is 2.32. The van der Waals surface area contributed by atoms with Crippen LogP contribution in [0.25, 0.3) is 0 Å². The number of rotatable bonds is 4. The molecule has 5 heteroatoms. The van der Waals surface area contributed by atoms with Gasteiger partial charge in [0.15, 0.2) is 0 Å². The molecule has 1 N–H and O–H groups in total. The molecule has 0 radical (unpaired) electrons. The third-order valence-electron chi connectivity index (χ3n) is 1.97. The van der Waals surface area contributed by atoms with Gasteiger partial charge in [-0.1, -0.05) is 5.92 Å². The number of hydrogen-bond donors (Lipinski definition) is 1. The van der Waals surface area contributed by atoms with Crippen LogP contribution in [0.1, 0.15) is 6.42 Å². The van der Waals surface area contributed by atoms with Gasteiger partial charge in [0.05, 0.1) is 13.2 Å². The van der Waals surface area contributed by atoms with Crippen molar-refractivity contribution in [1.82, 2.24) is 0 Å². The molecule has 1 aromatic rings. The zero-order valence-corrected chi connectivity index (χ0v) is 9.85. The van der Waals surface area contributed by atoms with Gasteiger partial charge in [0, 0.05) is 12.3 Å². The van der Waals surface area contributed by atoms with Crippen molar-refractivity contribution in [3.63, 3.8) is 0 Å². The Bertz CT molecular complexity index is 444. The molecule has 18 heavy (non-hydrogen) atoms. The molecule has 0 bridgehead atoms. The number of ether oxygens (including phenoxy) is 2. The molecule has 0 fully saturated rings. The van der Waals surface area contributed by atoms with E-state index in [1.54, 1.807) is 0 Å². The second-order valence-electron chi connectivity index (χ2n) is 3.42. The first kappa shape index (κ1) is 14.0. The summed E-state index contributed by atoms with van der Waals surface area (Å²) in [4.78, 5) is 10.7. The van der Waals surface area contributed by atoms with Crippen LogP contribution in [0.5, 0.6) is 5.75 Å². The van der Waals surface area contributed by atoms with E-state index >= 15 is 0 Å². The average molecular weight is 252 g/mol. The predicted molar refractivity (Wildman–Crippen MR) is 62.3 cm³/mol. The number of carbonyl (C=O) groups excluding carboxylic acids is 1. The minimum atomic E-state index is -0.827. The number of aliphatic hydroxyl groups is 1. The van der Waals surface area contributed by atoms with Crippen molar-refractivity contribution < 1.29 is 23.8 Å². The zero-order valence-electron chi connectivity index (χ0n) is 9.85. The first-order chi connectivity index (χ1) is 8.61. The smallest absolute Gasteiger partial charge is 0.384 e. The Morgan fingerprint density at radius 1 is 1.44 bits per heavy atom. The highest BCUT2D eigenvalue weighted by Gasteiger charge is 2.03. The molecule has 0 aliphatic carbocycles. The Morgan fingerprint density at radius 3 is 2.72 bits per heavy atom. The van der Waals surface area contributed by atoms with Gasteiger partial charge in [-0.05, 0) is 24.3 Å². The van der Waals surface area contributed by atoms with E-state index in [-0.39, 0.29) is 18.8 Å². The van der Waals surface area contributed by atoms with Crippen LogP contribution in [-0.4, -0.2) is 30.9 Å². The summed E-state index contributed by atoms with van der Waals surface area (Å²) in [5, 5.41) is 9.50. The Hall–Kier alpha value is -2.06. The van der Waals surface area contributed by atoms with E-state index in [0.29, 0.717) is 5.75 Å². The number of hydrogen-bond acceptors (Lipinski definition) is 4. The lowest BCUT2D eigenvalue weighted by atomic mass is 10.2. The Labute approximate surface area is 104 Å². The fraction of sp³-hybridized carbons (Fsp3) is 0.308. The molecule has 1 aromatic carbocycles. The molecule has 0 saturated heterocycles. The molecule has 0 aliphatic rings. The second kappa shape index (κ2) is 7.30. The summed E-state index contributed by atoms with van der Waals surface area (Å²) in [6, 6.07) is 5.45. The standard InChI is InChI=1S/C13H13FO4/c1-17-13(16)4-2-3-11(15)9-18-12-7-5-10(14)6-8-12/h5-8,11,15H,3,9H2,1H3. The quantitative estimate of drug-likeness (QED) is 0.496. The van der Waals surface area contributed by atoms with Crippen molar-refractivity contribution in [2.24, 2.45) is 0 Å². The molecule has 0 aromatic heterocycles. The van der Waals surface area contributed by atoms with Crippen LogP contribution in [0.2, 0.25) is 0 Å². The van der Waals surface area contributed by atoms with Gasteiger partial charge in [-0.2, -0.15) is 0 Å². The van der Waals surface area contributed by atoms with Gasteiger partial charge < -0.3 is 14.6 Å². The van der Waals surface area contributed by atoms with E-state index in [1.807, 2.05) is 0 Å². The lowest BCUT2D eigenvalue weighted by Gasteiger charge is -2.09. The lowest BCUT2D eigenvalue weighted by Crippen LogP contribution is -2.16. The highest BCUT2D eigenvalue weighted by atomic mass is 19.1. The van der Waals surface area contributed by atoms with Crippen LogP contribution in [0.3, 0.4) is 0 Å². The highest BCUT2D eigenvalue weighted by molar-refractivity contribution is 5.88. The van der Waals surface area contributed by atoms with Gasteiger partial charge in [0.25, 0.3) is 0 Å². The van der Waals surface area contributed by atoms with E-state index in [9.17, 15) is 14.3 Å². The summed E-state index contributed by atoms with van der Waals surface area (Å²) in [6.07, 6.45) is -0.733. The summed E-state index contributed by atoms with van der Waals surface area (Å²) in [5.74, 6) is 4.11. The van der Waals surface area contributed by atoms with E-state index in [2.05, 4.69) is 16.6 Å². The molecular weight excluding hydrogens is 239 g/mol. The fourth-order valence-electron chi connectivity index (χ4n) is 1.07. The minimum absolute atomic E-state index is 0.0154. The monoisotopic (exact) mass is 252 g/mol. The maximum absolute atomic E-state index is 12.6. The van der Waals surface area contributed by atoms with Gasteiger partial charge in [-0.15, -0.1) is 0 Å². The number of carbonyl (C=O) groups is 1. The molecule has 96 valence electrons. The largest absolute Gasteiger partial charge is 0.491 e. The fourth-order valence-corrected chi connectivity index (χ4v) is 1.07. The van der Waals surface area contributed by atoms with E-state index in [0.717, 1.165) is 0 Å². The topological polar surface area (TPSA) is 55.8 Å². The van der Waals surface area contributed by atoms with Crippen molar-refractivity contribution in [2.45, 2.75) is 12.5 Å². The van der Waals surface area contributed by atoms with Crippen LogP contribution in [0.4, 0.5) is 4.39 Å². The van der Waals surface area contributed by atoms with Crippen molar-refractivity contribution in [3.8, 4) is 17.6 Å². The summed E-state index contributed by atoms with van der Waals surface area (Å²) in [5.41, 5.74) is 0. The van der Waals surface area contributed by atoms with Crippen molar-refractivity contribution in [1.29, 1.82) is 0 Å². The van der Waals surface area contributed by atoms with Gasteiger partial charge in [0.1, 0.15) is 18.2 Å². The first-order valence-electron chi connectivity index (χ1n) is 5.25. The van der Waals surface area contributed by atoms with Crippen molar-refractivity contribution >= 4 is 5.97 Å². The van der Waals surface area contributed by atoms with Crippen LogP contribution in [0.15, 0.2) is 24.3 Å². The first-order valence-corrected chi connectivity index (χ1v) is 5.25. The average Bonchev–Trinajstić information content (AvgIpc) is 2.38. The molecule has 0 heterocycles. The number of esters is 1. The summed E-state index contributed by atoms with van der Waals surface area (Å²) < 4.78 is 22.1. The van der Waals surface area contributed by atoms with Crippen LogP contribution >= 0.6 is 0 Å². The van der Waals surface area contributed by atoms with Crippen LogP contribution < -0.4 is 4.74 Å².